The van der Waals surface area contributed by atoms with Crippen molar-refractivity contribution in [1.29, 1.82) is 0 Å². The summed E-state index contributed by atoms with van der Waals surface area (Å²) in [5.41, 5.74) is 2.47. The van der Waals surface area contributed by atoms with Crippen LogP contribution in [0.4, 0.5) is 4.39 Å². The van der Waals surface area contributed by atoms with Gasteiger partial charge in [0.15, 0.2) is 0 Å². The molecule has 0 fully saturated rings. The topological polar surface area (TPSA) is 66.5 Å². The van der Waals surface area contributed by atoms with Gasteiger partial charge in [-0.3, -0.25) is 4.79 Å². The number of benzene rings is 2. The van der Waals surface area contributed by atoms with Crippen molar-refractivity contribution in [3.8, 4) is 0 Å². The van der Waals surface area contributed by atoms with Crippen molar-refractivity contribution in [2.75, 3.05) is 19.3 Å². The molecule has 2 rings (SSSR count). The van der Waals surface area contributed by atoms with E-state index in [1.54, 1.807) is 18.2 Å². The van der Waals surface area contributed by atoms with Crippen molar-refractivity contribution in [2.24, 2.45) is 0 Å². The zero-order chi connectivity index (χ0) is 19.2. The first kappa shape index (κ1) is 20.1. The molecule has 0 heterocycles. The fourth-order valence-electron chi connectivity index (χ4n) is 2.43. The van der Waals surface area contributed by atoms with E-state index in [0.29, 0.717) is 12.1 Å². The molecule has 0 spiro atoms. The van der Waals surface area contributed by atoms with E-state index in [1.165, 1.54) is 6.07 Å². The van der Waals surface area contributed by atoms with Crippen molar-refractivity contribution in [2.45, 2.75) is 19.9 Å². The number of nitrogens with zero attached hydrogens (tertiary/aromatic N) is 1. The predicted molar refractivity (Wildman–Crippen MR) is 99.5 cm³/mol. The minimum absolute atomic E-state index is 0.0394. The molecule has 5 nitrogen and oxygen atoms in total. The van der Waals surface area contributed by atoms with Gasteiger partial charge in [-0.15, -0.1) is 0 Å². The number of carbonyl (C=O) groups is 1. The van der Waals surface area contributed by atoms with Gasteiger partial charge in [0, 0.05) is 13.1 Å². The highest BCUT2D eigenvalue weighted by molar-refractivity contribution is 7.88. The first-order valence-electron chi connectivity index (χ1n) is 8.26. The van der Waals surface area contributed by atoms with E-state index in [-0.39, 0.29) is 25.3 Å². The Bertz CT molecular complexity index is 851. The molecular formula is C19H23FN2O3S. The van der Waals surface area contributed by atoms with Gasteiger partial charge in [-0.1, -0.05) is 48.0 Å². The summed E-state index contributed by atoms with van der Waals surface area (Å²) in [4.78, 5) is 12.1. The van der Waals surface area contributed by atoms with Gasteiger partial charge in [0.2, 0.25) is 15.9 Å². The second-order valence-electron chi connectivity index (χ2n) is 6.20. The SMILES string of the molecule is Cc1ccc(CNC(=O)CN(CCc2ccccc2F)S(C)(=O)=O)cc1. The van der Waals surface area contributed by atoms with Crippen LogP contribution in [0.3, 0.4) is 0 Å². The van der Waals surface area contributed by atoms with Crippen LogP contribution in [0.1, 0.15) is 16.7 Å². The number of rotatable bonds is 8. The Morgan fingerprint density at radius 2 is 1.77 bits per heavy atom. The standard InChI is InChI=1S/C19H23FN2O3S/c1-15-7-9-16(10-8-15)13-21-19(23)14-22(26(2,24)25)12-11-17-5-3-4-6-18(17)20/h3-10H,11-14H2,1-2H3,(H,21,23). The molecule has 2 aromatic rings. The maximum atomic E-state index is 13.7. The van der Waals surface area contributed by atoms with Crippen LogP contribution in [-0.4, -0.2) is 38.0 Å². The minimum Gasteiger partial charge on any atom is -0.351 e. The fourth-order valence-corrected chi connectivity index (χ4v) is 3.21. The largest absolute Gasteiger partial charge is 0.351 e. The summed E-state index contributed by atoms with van der Waals surface area (Å²) in [6.45, 7) is 2.04. The van der Waals surface area contributed by atoms with Gasteiger partial charge in [-0.2, -0.15) is 4.31 Å². The first-order valence-corrected chi connectivity index (χ1v) is 10.1. The number of hydrogen-bond acceptors (Lipinski definition) is 3. The van der Waals surface area contributed by atoms with E-state index in [0.717, 1.165) is 21.7 Å². The number of nitrogens with one attached hydrogen (secondary N) is 1. The highest BCUT2D eigenvalue weighted by atomic mass is 32.2. The lowest BCUT2D eigenvalue weighted by molar-refractivity contribution is -0.121. The number of halogens is 1. The van der Waals surface area contributed by atoms with Crippen LogP contribution < -0.4 is 5.32 Å². The van der Waals surface area contributed by atoms with Crippen LogP contribution in [0.5, 0.6) is 0 Å². The van der Waals surface area contributed by atoms with Crippen LogP contribution >= 0.6 is 0 Å². The van der Waals surface area contributed by atoms with Gasteiger partial charge >= 0.3 is 0 Å². The third kappa shape index (κ3) is 6.24. The molecule has 7 heteroatoms. The molecule has 0 aliphatic heterocycles. The number of sulfonamides is 1. The van der Waals surface area contributed by atoms with Gasteiger partial charge < -0.3 is 5.32 Å². The molecule has 1 N–H and O–H groups in total. The molecule has 0 unspecified atom stereocenters. The van der Waals surface area contributed by atoms with Gasteiger partial charge in [0.1, 0.15) is 5.82 Å². The lowest BCUT2D eigenvalue weighted by atomic mass is 10.1. The van der Waals surface area contributed by atoms with Gasteiger partial charge in [0.05, 0.1) is 12.8 Å². The van der Waals surface area contributed by atoms with Crippen LogP contribution in [0.25, 0.3) is 0 Å². The van der Waals surface area contributed by atoms with Crippen molar-refractivity contribution in [3.63, 3.8) is 0 Å². The summed E-state index contributed by atoms with van der Waals surface area (Å²) in [5, 5.41) is 2.71. The first-order chi connectivity index (χ1) is 12.3. The third-order valence-electron chi connectivity index (χ3n) is 3.99. The quantitative estimate of drug-likeness (QED) is 0.766. The molecule has 0 aliphatic rings. The Kier molecular flexibility index (Phi) is 6.88. The highest BCUT2D eigenvalue weighted by Gasteiger charge is 2.20. The second-order valence-corrected chi connectivity index (χ2v) is 8.18. The van der Waals surface area contributed by atoms with E-state index in [4.69, 9.17) is 0 Å². The third-order valence-corrected chi connectivity index (χ3v) is 5.24. The van der Waals surface area contributed by atoms with Gasteiger partial charge in [0.25, 0.3) is 0 Å². The van der Waals surface area contributed by atoms with E-state index < -0.39 is 15.9 Å². The van der Waals surface area contributed by atoms with Crippen molar-refractivity contribution >= 4 is 15.9 Å². The summed E-state index contributed by atoms with van der Waals surface area (Å²) in [6.07, 6.45) is 1.24. The predicted octanol–water partition coefficient (Wildman–Crippen LogP) is 2.25. The molecule has 1 amide bonds. The molecule has 2 aromatic carbocycles. The van der Waals surface area contributed by atoms with Crippen molar-refractivity contribution in [1.82, 2.24) is 9.62 Å². The number of amides is 1. The van der Waals surface area contributed by atoms with Gasteiger partial charge in [-0.25, -0.2) is 12.8 Å². The number of hydrogen-bond donors (Lipinski definition) is 1. The zero-order valence-electron chi connectivity index (χ0n) is 14.9. The molecule has 0 saturated carbocycles. The van der Waals surface area contributed by atoms with E-state index in [1.807, 2.05) is 31.2 Å². The fraction of sp³-hybridized carbons (Fsp3) is 0.316. The van der Waals surface area contributed by atoms with Gasteiger partial charge in [-0.05, 0) is 30.5 Å². The molecule has 0 bridgehead atoms. The van der Waals surface area contributed by atoms with Crippen LogP contribution in [0, 0.1) is 12.7 Å². The number of carbonyl (C=O) groups excluding carboxylic acids is 1. The van der Waals surface area contributed by atoms with Crippen LogP contribution in [0.2, 0.25) is 0 Å². The molecule has 26 heavy (non-hydrogen) atoms. The number of aryl methyl sites for hydroxylation is 1. The average Bonchev–Trinajstić information content (AvgIpc) is 2.58. The highest BCUT2D eigenvalue weighted by Crippen LogP contribution is 2.09. The summed E-state index contributed by atoms with van der Waals surface area (Å²) in [7, 11) is -3.58. The maximum absolute atomic E-state index is 13.7. The van der Waals surface area contributed by atoms with E-state index >= 15 is 0 Å². The zero-order valence-corrected chi connectivity index (χ0v) is 15.7. The van der Waals surface area contributed by atoms with E-state index in [2.05, 4.69) is 5.32 Å². The van der Waals surface area contributed by atoms with Crippen LogP contribution in [-0.2, 0) is 27.8 Å². The summed E-state index contributed by atoms with van der Waals surface area (Å²) >= 11 is 0. The normalized spacial score (nSPS) is 11.5. The molecule has 0 aliphatic carbocycles. The Balaban J connectivity index is 1.93. The molecule has 0 radical (unpaired) electrons. The minimum atomic E-state index is -3.58. The Morgan fingerprint density at radius 3 is 2.38 bits per heavy atom. The Morgan fingerprint density at radius 1 is 1.12 bits per heavy atom. The summed E-state index contributed by atoms with van der Waals surface area (Å²) in [5.74, 6) is -0.783. The summed E-state index contributed by atoms with van der Waals surface area (Å²) < 4.78 is 38.6. The van der Waals surface area contributed by atoms with Crippen LogP contribution in [0.15, 0.2) is 48.5 Å². The lowest BCUT2D eigenvalue weighted by Crippen LogP contribution is -2.41. The molecule has 0 atom stereocenters. The Hall–Kier alpha value is -2.25. The maximum Gasteiger partial charge on any atom is 0.235 e. The second kappa shape index (κ2) is 8.91. The Labute approximate surface area is 153 Å². The molecule has 140 valence electrons. The summed E-state index contributed by atoms with van der Waals surface area (Å²) in [6, 6.07) is 13.9. The monoisotopic (exact) mass is 378 g/mol. The van der Waals surface area contributed by atoms with Crippen molar-refractivity contribution < 1.29 is 17.6 Å². The lowest BCUT2D eigenvalue weighted by Gasteiger charge is -2.19. The molecule has 0 aromatic heterocycles. The van der Waals surface area contributed by atoms with Crippen molar-refractivity contribution in [3.05, 3.63) is 71.0 Å². The smallest absolute Gasteiger partial charge is 0.235 e. The average molecular weight is 378 g/mol. The molecular weight excluding hydrogens is 355 g/mol. The molecule has 0 saturated heterocycles. The van der Waals surface area contributed by atoms with E-state index in [9.17, 15) is 17.6 Å².